The standard InChI is InChI=1S/C7H9NO3S2/c1-2-4-6(11)8(3-5(9)10)7(12)13-4/h4H,2-3H2,1H3,(H,9,10)/p-1/t4-/m0/s1. The molecule has 1 atom stereocenters. The third-order valence-electron chi connectivity index (χ3n) is 1.66. The van der Waals surface area contributed by atoms with Crippen LogP contribution in [0.3, 0.4) is 0 Å². The molecule has 6 heteroatoms. The van der Waals surface area contributed by atoms with Gasteiger partial charge in [0.05, 0.1) is 17.8 Å². The van der Waals surface area contributed by atoms with Crippen LogP contribution in [0.25, 0.3) is 0 Å². The smallest absolute Gasteiger partial charge is 0.241 e. The van der Waals surface area contributed by atoms with Crippen molar-refractivity contribution in [1.29, 1.82) is 0 Å². The summed E-state index contributed by atoms with van der Waals surface area (Å²) in [6, 6.07) is 0. The molecule has 4 nitrogen and oxygen atoms in total. The van der Waals surface area contributed by atoms with Crippen molar-refractivity contribution >= 4 is 40.2 Å². The number of hydrogen-bond donors (Lipinski definition) is 0. The molecule has 13 heavy (non-hydrogen) atoms. The molecule has 1 saturated heterocycles. The van der Waals surface area contributed by atoms with E-state index < -0.39 is 12.5 Å². The van der Waals surface area contributed by atoms with Crippen molar-refractivity contribution in [3.05, 3.63) is 0 Å². The van der Waals surface area contributed by atoms with Crippen LogP contribution in [-0.2, 0) is 9.59 Å². The predicted octanol–water partition coefficient (Wildman–Crippen LogP) is -0.625. The highest BCUT2D eigenvalue weighted by molar-refractivity contribution is 8.24. The van der Waals surface area contributed by atoms with Crippen LogP contribution < -0.4 is 5.11 Å². The highest BCUT2D eigenvalue weighted by atomic mass is 32.2. The Labute approximate surface area is 85.3 Å². The molecule has 1 aliphatic heterocycles. The molecule has 0 aromatic heterocycles. The molecule has 1 aliphatic rings. The third kappa shape index (κ3) is 2.19. The SMILES string of the molecule is CC[C@@H]1SC(=S)N(CC(=O)[O-])C1=O. The maximum Gasteiger partial charge on any atom is 0.241 e. The van der Waals surface area contributed by atoms with E-state index in [-0.39, 0.29) is 11.2 Å². The molecule has 0 aliphatic carbocycles. The molecule has 1 rings (SSSR count). The summed E-state index contributed by atoms with van der Waals surface area (Å²) in [6.07, 6.45) is 0.660. The van der Waals surface area contributed by atoms with Crippen molar-refractivity contribution in [2.24, 2.45) is 0 Å². The molecule has 1 amide bonds. The van der Waals surface area contributed by atoms with Crippen molar-refractivity contribution in [2.75, 3.05) is 6.54 Å². The van der Waals surface area contributed by atoms with Crippen LogP contribution in [0.1, 0.15) is 13.3 Å². The largest absolute Gasteiger partial charge is 0.548 e. The fraction of sp³-hybridized carbons (Fsp3) is 0.571. The summed E-state index contributed by atoms with van der Waals surface area (Å²) in [5.74, 6) is -1.50. The number of carboxylic acid groups (broad SMARTS) is 1. The molecule has 0 aromatic rings. The fourth-order valence-electron chi connectivity index (χ4n) is 1.03. The molecule has 72 valence electrons. The highest BCUT2D eigenvalue weighted by Gasteiger charge is 2.35. The minimum atomic E-state index is -1.28. The summed E-state index contributed by atoms with van der Waals surface area (Å²) in [4.78, 5) is 22.8. The third-order valence-corrected chi connectivity index (χ3v) is 3.41. The van der Waals surface area contributed by atoms with Crippen LogP contribution in [0.15, 0.2) is 0 Å². The Morgan fingerprint density at radius 3 is 2.77 bits per heavy atom. The number of thioether (sulfide) groups is 1. The van der Waals surface area contributed by atoms with Gasteiger partial charge in [-0.25, -0.2) is 0 Å². The van der Waals surface area contributed by atoms with E-state index in [2.05, 4.69) is 0 Å². The van der Waals surface area contributed by atoms with Crippen molar-refractivity contribution in [2.45, 2.75) is 18.6 Å². The average Bonchev–Trinajstić information content (AvgIpc) is 2.31. The maximum atomic E-state index is 11.4. The Bertz CT molecular complexity index is 266. The average molecular weight is 218 g/mol. The van der Waals surface area contributed by atoms with Gasteiger partial charge < -0.3 is 9.90 Å². The second kappa shape index (κ2) is 4.06. The topological polar surface area (TPSA) is 60.4 Å². The number of hydrogen-bond acceptors (Lipinski definition) is 5. The van der Waals surface area contributed by atoms with E-state index in [0.717, 1.165) is 4.90 Å². The van der Waals surface area contributed by atoms with Crippen LogP contribution in [0, 0.1) is 0 Å². The molecular formula is C7H8NO3S2-. The van der Waals surface area contributed by atoms with Crippen LogP contribution in [0.5, 0.6) is 0 Å². The van der Waals surface area contributed by atoms with Crippen LogP contribution in [0.4, 0.5) is 0 Å². The van der Waals surface area contributed by atoms with E-state index in [1.165, 1.54) is 11.8 Å². The molecule has 0 aromatic carbocycles. The van der Waals surface area contributed by atoms with Crippen molar-refractivity contribution in [1.82, 2.24) is 4.90 Å². The van der Waals surface area contributed by atoms with E-state index in [9.17, 15) is 14.7 Å². The minimum Gasteiger partial charge on any atom is -0.548 e. The van der Waals surface area contributed by atoms with Gasteiger partial charge in [0.1, 0.15) is 4.32 Å². The van der Waals surface area contributed by atoms with E-state index >= 15 is 0 Å². The minimum absolute atomic E-state index is 0.216. The van der Waals surface area contributed by atoms with Gasteiger partial charge in [-0.3, -0.25) is 9.69 Å². The van der Waals surface area contributed by atoms with Crippen molar-refractivity contribution in [3.8, 4) is 0 Å². The molecule has 0 unspecified atom stereocenters. The Hall–Kier alpha value is -0.620. The molecule has 0 N–H and O–H groups in total. The maximum absolute atomic E-state index is 11.4. The second-order valence-corrected chi connectivity index (χ2v) is 4.41. The lowest BCUT2D eigenvalue weighted by Gasteiger charge is -2.15. The Morgan fingerprint density at radius 1 is 1.77 bits per heavy atom. The van der Waals surface area contributed by atoms with E-state index in [1.54, 1.807) is 0 Å². The normalized spacial score (nSPS) is 22.5. The number of thiocarbonyl (C=S) groups is 1. The lowest BCUT2D eigenvalue weighted by molar-refractivity contribution is -0.305. The molecule has 1 fully saturated rings. The molecule has 0 radical (unpaired) electrons. The summed E-state index contributed by atoms with van der Waals surface area (Å²) < 4.78 is 0.334. The summed E-state index contributed by atoms with van der Waals surface area (Å²) in [7, 11) is 0. The number of rotatable bonds is 3. The second-order valence-electron chi connectivity index (χ2n) is 2.58. The quantitative estimate of drug-likeness (QED) is 0.591. The highest BCUT2D eigenvalue weighted by Crippen LogP contribution is 2.28. The molecular weight excluding hydrogens is 210 g/mol. The van der Waals surface area contributed by atoms with Crippen molar-refractivity contribution in [3.63, 3.8) is 0 Å². The summed E-state index contributed by atoms with van der Waals surface area (Å²) in [5, 5.41) is 10.1. The summed E-state index contributed by atoms with van der Waals surface area (Å²) >= 11 is 6.10. The zero-order chi connectivity index (χ0) is 10.0. The van der Waals surface area contributed by atoms with Gasteiger partial charge in [-0.2, -0.15) is 0 Å². The lowest BCUT2D eigenvalue weighted by atomic mass is 10.3. The monoisotopic (exact) mass is 218 g/mol. The van der Waals surface area contributed by atoms with Crippen LogP contribution >= 0.6 is 24.0 Å². The Morgan fingerprint density at radius 2 is 2.38 bits per heavy atom. The van der Waals surface area contributed by atoms with Gasteiger partial charge in [0, 0.05) is 0 Å². The predicted molar refractivity (Wildman–Crippen MR) is 51.0 cm³/mol. The van der Waals surface area contributed by atoms with Gasteiger partial charge >= 0.3 is 0 Å². The Kier molecular flexibility index (Phi) is 3.27. The van der Waals surface area contributed by atoms with E-state index in [0.29, 0.717) is 10.7 Å². The van der Waals surface area contributed by atoms with E-state index in [4.69, 9.17) is 12.2 Å². The first kappa shape index (κ1) is 10.5. The summed E-state index contributed by atoms with van der Waals surface area (Å²) in [5.41, 5.74) is 0. The van der Waals surface area contributed by atoms with Crippen LogP contribution in [-0.4, -0.2) is 32.9 Å². The number of nitrogens with zero attached hydrogens (tertiary/aromatic N) is 1. The Balaban J connectivity index is 2.70. The first-order chi connectivity index (χ1) is 6.06. The number of carbonyl (C=O) groups is 2. The van der Waals surface area contributed by atoms with Gasteiger partial charge in [-0.05, 0) is 6.42 Å². The lowest BCUT2D eigenvalue weighted by Crippen LogP contribution is -2.41. The van der Waals surface area contributed by atoms with Gasteiger partial charge in [-0.1, -0.05) is 30.9 Å². The number of aliphatic carboxylic acids is 1. The number of carboxylic acids is 1. The van der Waals surface area contributed by atoms with E-state index in [1.807, 2.05) is 6.92 Å². The summed E-state index contributed by atoms with van der Waals surface area (Å²) in [6.45, 7) is 1.43. The number of amides is 1. The van der Waals surface area contributed by atoms with Gasteiger partial charge in [-0.15, -0.1) is 0 Å². The zero-order valence-electron chi connectivity index (χ0n) is 6.98. The van der Waals surface area contributed by atoms with Gasteiger partial charge in [0.15, 0.2) is 0 Å². The molecule has 0 saturated carbocycles. The van der Waals surface area contributed by atoms with Gasteiger partial charge in [0.25, 0.3) is 0 Å². The zero-order valence-corrected chi connectivity index (χ0v) is 8.61. The van der Waals surface area contributed by atoms with Crippen molar-refractivity contribution < 1.29 is 14.7 Å². The molecule has 1 heterocycles. The van der Waals surface area contributed by atoms with Crippen LogP contribution in [0.2, 0.25) is 0 Å². The first-order valence-electron chi connectivity index (χ1n) is 3.78. The first-order valence-corrected chi connectivity index (χ1v) is 5.07. The number of carbonyl (C=O) groups excluding carboxylic acids is 2. The fourth-order valence-corrected chi connectivity index (χ4v) is 2.45. The molecule has 0 bridgehead atoms. The molecule has 0 spiro atoms. The van der Waals surface area contributed by atoms with Gasteiger partial charge in [0.2, 0.25) is 5.91 Å².